The van der Waals surface area contributed by atoms with Gasteiger partial charge < -0.3 is 10.9 Å². The fraction of sp³-hybridized carbons (Fsp3) is 0.400. The first-order valence-corrected chi connectivity index (χ1v) is 12.1. The van der Waals surface area contributed by atoms with Crippen molar-refractivity contribution < 1.29 is 18.4 Å². The highest BCUT2D eigenvalue weighted by Crippen LogP contribution is 2.33. The van der Waals surface area contributed by atoms with Gasteiger partial charge in [-0.25, -0.2) is 18.4 Å². The monoisotopic (exact) mass is 465 g/mol. The number of carbonyl (C=O) groups is 1. The van der Waals surface area contributed by atoms with Crippen LogP contribution >= 0.6 is 11.6 Å². The van der Waals surface area contributed by atoms with E-state index >= 15 is 0 Å². The molecule has 0 aliphatic heterocycles. The molecule has 11 heteroatoms. The Kier molecular flexibility index (Phi) is 7.11. The summed E-state index contributed by atoms with van der Waals surface area (Å²) in [5.41, 5.74) is 6.05. The molecule has 0 spiro atoms. The first kappa shape index (κ1) is 23.0. The number of amidine groups is 1. The van der Waals surface area contributed by atoms with Gasteiger partial charge in [0.05, 0.1) is 28.0 Å². The molecule has 1 aliphatic rings. The summed E-state index contributed by atoms with van der Waals surface area (Å²) in [6, 6.07) is 4.29. The second-order valence-electron chi connectivity index (χ2n) is 7.55. The van der Waals surface area contributed by atoms with Gasteiger partial charge in [-0.1, -0.05) is 42.4 Å². The topological polar surface area (TPSA) is 139 Å². The van der Waals surface area contributed by atoms with E-state index in [1.165, 1.54) is 48.3 Å². The molecule has 2 aromatic rings. The van der Waals surface area contributed by atoms with Gasteiger partial charge in [0.2, 0.25) is 5.91 Å². The highest BCUT2D eigenvalue weighted by atomic mass is 35.5. The molecule has 1 aromatic heterocycles. The third-order valence-electron chi connectivity index (χ3n) is 5.30. The summed E-state index contributed by atoms with van der Waals surface area (Å²) in [6.45, 7) is 0. The molecular formula is C20H24ClN5O4S. The molecule has 0 unspecified atom stereocenters. The number of hydrogen-bond donors (Lipinski definition) is 2. The van der Waals surface area contributed by atoms with Gasteiger partial charge in [-0.3, -0.25) is 9.69 Å². The molecule has 1 fully saturated rings. The summed E-state index contributed by atoms with van der Waals surface area (Å²) in [5, 5.41) is 11.7. The number of halogens is 1. The van der Waals surface area contributed by atoms with Crippen molar-refractivity contribution in [1.29, 1.82) is 0 Å². The number of benzene rings is 1. The van der Waals surface area contributed by atoms with Gasteiger partial charge in [0.15, 0.2) is 21.5 Å². The van der Waals surface area contributed by atoms with E-state index in [-0.39, 0.29) is 33.2 Å². The minimum Gasteiger partial charge on any atom is -0.409 e. The molecule has 0 radical (unpaired) electrons. The molecule has 0 atom stereocenters. The minimum atomic E-state index is -3.51. The van der Waals surface area contributed by atoms with Crippen LogP contribution in [0, 0.1) is 5.92 Å². The summed E-state index contributed by atoms with van der Waals surface area (Å²) in [5.74, 6) is 0.324. The lowest BCUT2D eigenvalue weighted by Crippen LogP contribution is -2.27. The van der Waals surface area contributed by atoms with Crippen molar-refractivity contribution in [2.45, 2.75) is 43.4 Å². The van der Waals surface area contributed by atoms with Crippen LogP contribution in [0.5, 0.6) is 0 Å². The summed E-state index contributed by atoms with van der Waals surface area (Å²) in [4.78, 5) is 22.8. The van der Waals surface area contributed by atoms with Crippen LogP contribution in [-0.2, 0) is 14.6 Å². The zero-order valence-electron chi connectivity index (χ0n) is 17.0. The Morgan fingerprint density at radius 2 is 2.00 bits per heavy atom. The zero-order chi connectivity index (χ0) is 22.6. The number of rotatable bonds is 7. The van der Waals surface area contributed by atoms with Gasteiger partial charge in [-0.15, -0.1) is 0 Å². The predicted octanol–water partition coefficient (Wildman–Crippen LogP) is 3.26. The van der Waals surface area contributed by atoms with E-state index in [2.05, 4.69) is 15.1 Å². The number of nitrogens with two attached hydrogens (primary N) is 1. The lowest BCUT2D eigenvalue weighted by Gasteiger charge is -2.23. The first-order valence-electron chi connectivity index (χ1n) is 9.83. The lowest BCUT2D eigenvalue weighted by molar-refractivity contribution is -0.118. The van der Waals surface area contributed by atoms with E-state index in [1.54, 1.807) is 0 Å². The average Bonchev–Trinajstić information content (AvgIpc) is 3.25. The summed E-state index contributed by atoms with van der Waals surface area (Å²) in [6.07, 6.45) is 9.37. The molecule has 3 rings (SSSR count). The van der Waals surface area contributed by atoms with Crippen LogP contribution in [-0.4, -0.2) is 41.6 Å². The van der Waals surface area contributed by atoms with Gasteiger partial charge in [0.25, 0.3) is 0 Å². The molecule has 1 aliphatic carbocycles. The maximum Gasteiger partial charge on any atom is 0.232 e. The van der Waals surface area contributed by atoms with Crippen LogP contribution in [0.3, 0.4) is 0 Å². The summed E-state index contributed by atoms with van der Waals surface area (Å²) < 4.78 is 23.8. The van der Waals surface area contributed by atoms with Gasteiger partial charge in [-0.05, 0) is 30.5 Å². The number of anilines is 2. The second-order valence-corrected chi connectivity index (χ2v) is 9.94. The fourth-order valence-corrected chi connectivity index (χ4v) is 5.02. The highest BCUT2D eigenvalue weighted by molar-refractivity contribution is 7.90. The van der Waals surface area contributed by atoms with Crippen molar-refractivity contribution in [3.8, 4) is 0 Å². The molecule has 1 amide bonds. The van der Waals surface area contributed by atoms with Gasteiger partial charge in [-0.2, -0.15) is 0 Å². The summed E-state index contributed by atoms with van der Waals surface area (Å²) in [7, 11) is -3.51. The van der Waals surface area contributed by atoms with Crippen LogP contribution in [0.1, 0.15) is 44.2 Å². The Morgan fingerprint density at radius 3 is 2.55 bits per heavy atom. The third-order valence-corrected chi connectivity index (χ3v) is 6.88. The maximum absolute atomic E-state index is 13.2. The molecule has 9 nitrogen and oxygen atoms in total. The Balaban J connectivity index is 1.95. The molecule has 166 valence electrons. The van der Waals surface area contributed by atoms with Crippen molar-refractivity contribution >= 4 is 44.7 Å². The van der Waals surface area contributed by atoms with Gasteiger partial charge >= 0.3 is 0 Å². The summed E-state index contributed by atoms with van der Waals surface area (Å²) >= 11 is 6.20. The number of hydrogen-bond acceptors (Lipinski definition) is 7. The van der Waals surface area contributed by atoms with Crippen molar-refractivity contribution in [3.63, 3.8) is 0 Å². The van der Waals surface area contributed by atoms with Crippen molar-refractivity contribution in [2.75, 3.05) is 11.2 Å². The van der Waals surface area contributed by atoms with Crippen molar-refractivity contribution in [3.05, 3.63) is 41.3 Å². The standard InChI is InChI=1S/C20H24ClN5O4S/c1-31(29,30)17-8-7-14(10-15(17)21)26(19(27)9-6-13-4-2-3-5-13)18-12-23-16(11-24-18)20(22)25-28/h7-8,10-13,28H,2-6,9H2,1H3,(H2,22,25). The number of oxime groups is 1. The molecule has 0 saturated heterocycles. The molecule has 0 bridgehead atoms. The van der Waals surface area contributed by atoms with Crippen LogP contribution < -0.4 is 10.6 Å². The van der Waals surface area contributed by atoms with Gasteiger partial charge in [0, 0.05) is 12.7 Å². The van der Waals surface area contributed by atoms with Crippen molar-refractivity contribution in [1.82, 2.24) is 9.97 Å². The van der Waals surface area contributed by atoms with Crippen molar-refractivity contribution in [2.24, 2.45) is 16.8 Å². The van der Waals surface area contributed by atoms with Crippen LogP contribution in [0.4, 0.5) is 11.5 Å². The number of carbonyl (C=O) groups excluding carboxylic acids is 1. The number of nitrogens with zero attached hydrogens (tertiary/aromatic N) is 4. The van der Waals surface area contributed by atoms with Crippen LogP contribution in [0.2, 0.25) is 5.02 Å². The van der Waals surface area contributed by atoms with E-state index in [4.69, 9.17) is 22.5 Å². The molecule has 1 aromatic carbocycles. The Morgan fingerprint density at radius 1 is 1.29 bits per heavy atom. The Bertz CT molecular complexity index is 1080. The number of aromatic nitrogens is 2. The largest absolute Gasteiger partial charge is 0.409 e. The zero-order valence-corrected chi connectivity index (χ0v) is 18.6. The maximum atomic E-state index is 13.2. The normalized spacial score (nSPS) is 15.2. The Hall–Kier alpha value is -2.72. The number of amides is 1. The first-order chi connectivity index (χ1) is 14.7. The fourth-order valence-electron chi connectivity index (χ4n) is 3.69. The molecule has 1 saturated carbocycles. The molecule has 1 heterocycles. The van der Waals surface area contributed by atoms with E-state index in [0.29, 0.717) is 18.0 Å². The number of sulfone groups is 1. The second kappa shape index (κ2) is 9.61. The van der Waals surface area contributed by atoms with E-state index in [0.717, 1.165) is 25.5 Å². The SMILES string of the molecule is CS(=O)(=O)c1ccc(N(C(=O)CCC2CCCC2)c2cnc(C(N)=NO)cn2)cc1Cl. The predicted molar refractivity (Wildman–Crippen MR) is 117 cm³/mol. The smallest absolute Gasteiger partial charge is 0.232 e. The minimum absolute atomic E-state index is 0.00910. The quantitative estimate of drug-likeness (QED) is 0.277. The van der Waals surface area contributed by atoms with E-state index in [9.17, 15) is 13.2 Å². The highest BCUT2D eigenvalue weighted by Gasteiger charge is 2.24. The molecular weight excluding hydrogens is 442 g/mol. The molecule has 31 heavy (non-hydrogen) atoms. The average molecular weight is 466 g/mol. The Labute approximate surface area is 185 Å². The lowest BCUT2D eigenvalue weighted by atomic mass is 10.0. The van der Waals surface area contributed by atoms with Crippen LogP contribution in [0.15, 0.2) is 40.6 Å². The van der Waals surface area contributed by atoms with E-state index in [1.807, 2.05) is 0 Å². The van der Waals surface area contributed by atoms with Gasteiger partial charge in [0.1, 0.15) is 5.69 Å². The van der Waals surface area contributed by atoms with E-state index < -0.39 is 9.84 Å². The molecule has 3 N–H and O–H groups in total. The third kappa shape index (κ3) is 5.50. The van der Waals surface area contributed by atoms with Crippen LogP contribution in [0.25, 0.3) is 0 Å².